The van der Waals surface area contributed by atoms with Crippen molar-refractivity contribution in [3.05, 3.63) is 0 Å². The molecule has 106 valence electrons. The molecule has 4 aliphatic rings. The molecule has 0 radical (unpaired) electrons. The van der Waals surface area contributed by atoms with Gasteiger partial charge in [-0.2, -0.15) is 0 Å². The van der Waals surface area contributed by atoms with Gasteiger partial charge in [0.25, 0.3) is 0 Å². The maximum absolute atomic E-state index is 12.8. The van der Waals surface area contributed by atoms with E-state index >= 15 is 0 Å². The normalized spacial score (nSPS) is 49.1. The monoisotopic (exact) mass is 266 g/mol. The molecule has 4 nitrogen and oxygen atoms in total. The molecule has 4 saturated heterocycles. The summed E-state index contributed by atoms with van der Waals surface area (Å²) in [7, 11) is 0. The van der Waals surface area contributed by atoms with Crippen LogP contribution in [0.25, 0.3) is 0 Å². The lowest BCUT2D eigenvalue weighted by Gasteiger charge is -2.37. The summed E-state index contributed by atoms with van der Waals surface area (Å²) in [6.45, 7) is 2.16. The van der Waals surface area contributed by atoms with Crippen molar-refractivity contribution >= 4 is 5.78 Å². The molecule has 5 atom stereocenters. The zero-order valence-electron chi connectivity index (χ0n) is 11.3. The van der Waals surface area contributed by atoms with Gasteiger partial charge in [-0.15, -0.1) is 0 Å². The molecular formula is C15H22O4. The second-order valence-electron chi connectivity index (χ2n) is 6.64. The summed E-state index contributed by atoms with van der Waals surface area (Å²) in [5.74, 6) is 0.784. The summed E-state index contributed by atoms with van der Waals surface area (Å²) in [6.07, 6.45) is 6.47. The van der Waals surface area contributed by atoms with Crippen LogP contribution in [0.4, 0.5) is 0 Å². The van der Waals surface area contributed by atoms with Crippen LogP contribution >= 0.6 is 0 Å². The second kappa shape index (κ2) is 4.54. The first-order valence-corrected chi connectivity index (χ1v) is 7.67. The fourth-order valence-electron chi connectivity index (χ4n) is 4.37. The molecule has 0 amide bonds. The van der Waals surface area contributed by atoms with Crippen molar-refractivity contribution in [1.29, 1.82) is 0 Å². The van der Waals surface area contributed by atoms with E-state index in [2.05, 4.69) is 0 Å². The zero-order chi connectivity index (χ0) is 12.9. The standard InChI is InChI=1S/C15H22O4/c16-14(12-7-11-1-2-13(12)19-11)10-3-5-18-15(8-10)4-6-17-9-15/h10-13H,1-9H2. The van der Waals surface area contributed by atoms with Crippen molar-refractivity contribution in [3.8, 4) is 0 Å². The predicted molar refractivity (Wildman–Crippen MR) is 67.9 cm³/mol. The fourth-order valence-corrected chi connectivity index (χ4v) is 4.37. The zero-order valence-corrected chi connectivity index (χ0v) is 11.3. The molecule has 4 heterocycles. The summed E-state index contributed by atoms with van der Waals surface area (Å²) in [4.78, 5) is 12.8. The minimum Gasteiger partial charge on any atom is -0.378 e. The van der Waals surface area contributed by atoms with E-state index in [4.69, 9.17) is 14.2 Å². The van der Waals surface area contributed by atoms with E-state index in [1.54, 1.807) is 0 Å². The van der Waals surface area contributed by atoms with Gasteiger partial charge in [0.05, 0.1) is 24.4 Å². The van der Waals surface area contributed by atoms with Crippen LogP contribution in [0.15, 0.2) is 0 Å². The van der Waals surface area contributed by atoms with E-state index in [-0.39, 0.29) is 23.5 Å². The van der Waals surface area contributed by atoms with Crippen LogP contribution in [0.5, 0.6) is 0 Å². The van der Waals surface area contributed by atoms with E-state index in [0.29, 0.717) is 25.1 Å². The summed E-state index contributed by atoms with van der Waals surface area (Å²) in [6, 6.07) is 0. The SMILES string of the molecule is O=C(C1CCOC2(CCOC2)C1)C1CC2CCC1O2. The highest BCUT2D eigenvalue weighted by atomic mass is 16.6. The van der Waals surface area contributed by atoms with Crippen LogP contribution in [0.2, 0.25) is 0 Å². The van der Waals surface area contributed by atoms with Crippen LogP contribution in [0.1, 0.15) is 38.5 Å². The van der Waals surface area contributed by atoms with Gasteiger partial charge in [-0.25, -0.2) is 0 Å². The molecule has 0 aromatic rings. The number of fused-ring (bicyclic) bond motifs is 2. The van der Waals surface area contributed by atoms with E-state index < -0.39 is 0 Å². The Bertz CT molecular complexity index is 374. The Morgan fingerprint density at radius 1 is 1.16 bits per heavy atom. The topological polar surface area (TPSA) is 44.8 Å². The number of Topliss-reactive ketones (excluding diaryl/α,β-unsaturated/α-hetero) is 1. The fraction of sp³-hybridized carbons (Fsp3) is 0.933. The molecule has 0 aliphatic carbocycles. The Morgan fingerprint density at radius 3 is 2.79 bits per heavy atom. The number of carbonyl (C=O) groups excluding carboxylic acids is 1. The van der Waals surface area contributed by atoms with Gasteiger partial charge in [-0.05, 0) is 32.1 Å². The predicted octanol–water partition coefficient (Wildman–Crippen LogP) is 1.71. The van der Waals surface area contributed by atoms with E-state index in [1.165, 1.54) is 0 Å². The lowest BCUT2D eigenvalue weighted by Crippen LogP contribution is -2.44. The van der Waals surface area contributed by atoms with E-state index in [9.17, 15) is 4.79 Å². The van der Waals surface area contributed by atoms with E-state index in [0.717, 1.165) is 45.1 Å². The lowest BCUT2D eigenvalue weighted by atomic mass is 9.75. The number of ether oxygens (including phenoxy) is 3. The van der Waals surface area contributed by atoms with Crippen LogP contribution in [-0.2, 0) is 19.0 Å². The Balaban J connectivity index is 1.45. The molecule has 0 aromatic carbocycles. The average molecular weight is 266 g/mol. The number of hydrogen-bond donors (Lipinski definition) is 0. The third kappa shape index (κ3) is 2.05. The lowest BCUT2D eigenvalue weighted by molar-refractivity contribution is -0.142. The Morgan fingerprint density at radius 2 is 2.11 bits per heavy atom. The van der Waals surface area contributed by atoms with Gasteiger partial charge in [0.2, 0.25) is 0 Å². The number of carbonyl (C=O) groups is 1. The maximum atomic E-state index is 12.8. The van der Waals surface area contributed by atoms with Gasteiger partial charge in [0, 0.05) is 31.5 Å². The average Bonchev–Trinajstić information content (AvgIpc) is 3.14. The summed E-state index contributed by atoms with van der Waals surface area (Å²) in [5.41, 5.74) is -0.156. The van der Waals surface area contributed by atoms with Crippen LogP contribution < -0.4 is 0 Å². The van der Waals surface area contributed by atoms with Gasteiger partial charge >= 0.3 is 0 Å². The smallest absolute Gasteiger partial charge is 0.141 e. The first kappa shape index (κ1) is 12.3. The number of hydrogen-bond acceptors (Lipinski definition) is 4. The Kier molecular flexibility index (Phi) is 2.94. The highest BCUT2D eigenvalue weighted by Crippen LogP contribution is 2.43. The minimum atomic E-state index is -0.156. The third-order valence-corrected chi connectivity index (χ3v) is 5.43. The Hall–Kier alpha value is -0.450. The molecular weight excluding hydrogens is 244 g/mol. The molecule has 0 saturated carbocycles. The molecule has 4 heteroatoms. The molecule has 0 aromatic heterocycles. The summed E-state index contributed by atoms with van der Waals surface area (Å²) < 4.78 is 17.2. The third-order valence-electron chi connectivity index (χ3n) is 5.43. The van der Waals surface area contributed by atoms with Crippen molar-refractivity contribution in [2.24, 2.45) is 11.8 Å². The number of ketones is 1. The highest BCUT2D eigenvalue weighted by molar-refractivity contribution is 5.84. The molecule has 19 heavy (non-hydrogen) atoms. The van der Waals surface area contributed by atoms with Crippen LogP contribution in [0.3, 0.4) is 0 Å². The largest absolute Gasteiger partial charge is 0.378 e. The van der Waals surface area contributed by atoms with Gasteiger partial charge < -0.3 is 14.2 Å². The van der Waals surface area contributed by atoms with Crippen molar-refractivity contribution in [3.63, 3.8) is 0 Å². The first-order valence-electron chi connectivity index (χ1n) is 7.67. The van der Waals surface area contributed by atoms with Gasteiger partial charge in [-0.3, -0.25) is 4.79 Å². The van der Waals surface area contributed by atoms with Gasteiger partial charge in [0.15, 0.2) is 0 Å². The molecule has 4 fully saturated rings. The molecule has 5 unspecified atom stereocenters. The molecule has 4 aliphatic heterocycles. The quantitative estimate of drug-likeness (QED) is 0.763. The maximum Gasteiger partial charge on any atom is 0.141 e. The van der Waals surface area contributed by atoms with E-state index in [1.807, 2.05) is 0 Å². The first-order chi connectivity index (χ1) is 9.26. The van der Waals surface area contributed by atoms with Gasteiger partial charge in [0.1, 0.15) is 5.78 Å². The number of rotatable bonds is 2. The Labute approximate surface area is 113 Å². The second-order valence-corrected chi connectivity index (χ2v) is 6.64. The van der Waals surface area contributed by atoms with Crippen LogP contribution in [-0.4, -0.2) is 43.4 Å². The van der Waals surface area contributed by atoms with Gasteiger partial charge in [-0.1, -0.05) is 0 Å². The minimum absolute atomic E-state index is 0.156. The van der Waals surface area contributed by atoms with Crippen molar-refractivity contribution in [1.82, 2.24) is 0 Å². The highest BCUT2D eigenvalue weighted by Gasteiger charge is 2.49. The molecule has 1 spiro atoms. The summed E-state index contributed by atoms with van der Waals surface area (Å²) in [5, 5.41) is 0. The molecule has 4 rings (SSSR count). The molecule has 0 N–H and O–H groups in total. The van der Waals surface area contributed by atoms with Crippen molar-refractivity contribution in [2.75, 3.05) is 19.8 Å². The van der Waals surface area contributed by atoms with Crippen molar-refractivity contribution < 1.29 is 19.0 Å². The molecule has 2 bridgehead atoms. The van der Waals surface area contributed by atoms with Crippen LogP contribution in [0, 0.1) is 11.8 Å². The van der Waals surface area contributed by atoms with Crippen molar-refractivity contribution in [2.45, 2.75) is 56.3 Å². The summed E-state index contributed by atoms with van der Waals surface area (Å²) >= 11 is 0.